The second-order valence-corrected chi connectivity index (χ2v) is 5.37. The molecular weight excluding hydrogens is 280 g/mol. The molecular formula is C14H19ClN2O3. The lowest BCUT2D eigenvalue weighted by Crippen LogP contribution is -2.51. The molecule has 0 spiro atoms. The number of carbonyl (C=O) groups is 1. The molecule has 1 aliphatic rings. The molecule has 0 bridgehead atoms. The topological polar surface area (TPSA) is 75.8 Å². The largest absolute Gasteiger partial charge is 0.507 e. The lowest BCUT2D eigenvalue weighted by molar-refractivity contribution is 0.0138. The fourth-order valence-corrected chi connectivity index (χ4v) is 2.73. The molecule has 2 unspecified atom stereocenters. The standard InChI is InChI=1S/C14H19ClN2O3/c1-20-11-4-5-17(10(7-11)8-16)14(19)12-3-2-9(15)6-13(12)18/h2-3,6,10-11,18H,4-5,7-8,16H2,1H3. The Bertz CT molecular complexity index is 495. The Morgan fingerprint density at radius 2 is 2.35 bits per heavy atom. The molecule has 0 aromatic heterocycles. The minimum atomic E-state index is -0.218. The Balaban J connectivity index is 2.19. The molecule has 110 valence electrons. The van der Waals surface area contributed by atoms with Gasteiger partial charge in [-0.25, -0.2) is 0 Å². The Morgan fingerprint density at radius 3 is 2.95 bits per heavy atom. The summed E-state index contributed by atoms with van der Waals surface area (Å²) in [5, 5.41) is 10.3. The first-order valence-electron chi connectivity index (χ1n) is 6.59. The van der Waals surface area contributed by atoms with Gasteiger partial charge in [0.25, 0.3) is 5.91 Å². The molecule has 1 saturated heterocycles. The van der Waals surface area contributed by atoms with Crippen molar-refractivity contribution in [2.24, 2.45) is 5.73 Å². The zero-order valence-electron chi connectivity index (χ0n) is 11.4. The van der Waals surface area contributed by atoms with Gasteiger partial charge in [-0.15, -0.1) is 0 Å². The van der Waals surface area contributed by atoms with Crippen LogP contribution in [0.2, 0.25) is 5.02 Å². The van der Waals surface area contributed by atoms with Gasteiger partial charge in [0.1, 0.15) is 5.75 Å². The number of nitrogens with two attached hydrogens (primary N) is 1. The summed E-state index contributed by atoms with van der Waals surface area (Å²) >= 11 is 5.78. The van der Waals surface area contributed by atoms with Crippen LogP contribution in [0, 0.1) is 0 Å². The number of carbonyl (C=O) groups excluding carboxylic acids is 1. The molecule has 1 aromatic rings. The number of hydrogen-bond donors (Lipinski definition) is 2. The molecule has 0 aliphatic carbocycles. The summed E-state index contributed by atoms with van der Waals surface area (Å²) in [4.78, 5) is 14.2. The summed E-state index contributed by atoms with van der Waals surface area (Å²) in [6.45, 7) is 0.946. The minimum absolute atomic E-state index is 0.0729. The van der Waals surface area contributed by atoms with E-state index in [2.05, 4.69) is 0 Å². The van der Waals surface area contributed by atoms with Crippen LogP contribution in [0.5, 0.6) is 5.75 Å². The maximum atomic E-state index is 12.5. The fourth-order valence-electron chi connectivity index (χ4n) is 2.56. The maximum absolute atomic E-state index is 12.5. The van der Waals surface area contributed by atoms with Crippen molar-refractivity contribution in [3.8, 4) is 5.75 Å². The Labute approximate surface area is 123 Å². The maximum Gasteiger partial charge on any atom is 0.257 e. The molecule has 5 nitrogen and oxygen atoms in total. The number of likely N-dealkylation sites (tertiary alicyclic amines) is 1. The Hall–Kier alpha value is -1.30. The van der Waals surface area contributed by atoms with Crippen molar-refractivity contribution in [1.82, 2.24) is 4.90 Å². The first-order chi connectivity index (χ1) is 9.56. The third kappa shape index (κ3) is 3.06. The molecule has 1 heterocycles. The van der Waals surface area contributed by atoms with Crippen molar-refractivity contribution < 1.29 is 14.6 Å². The number of phenolic OH excluding ortho intramolecular Hbond substituents is 1. The third-order valence-corrected chi connectivity index (χ3v) is 3.96. The summed E-state index contributed by atoms with van der Waals surface area (Å²) in [5.74, 6) is -0.323. The van der Waals surface area contributed by atoms with E-state index in [1.165, 1.54) is 12.1 Å². The molecule has 0 radical (unpaired) electrons. The number of hydrogen-bond acceptors (Lipinski definition) is 4. The molecule has 6 heteroatoms. The van der Waals surface area contributed by atoms with Crippen molar-refractivity contribution in [3.63, 3.8) is 0 Å². The minimum Gasteiger partial charge on any atom is -0.507 e. The second-order valence-electron chi connectivity index (χ2n) is 4.93. The Kier molecular flexibility index (Phi) is 4.86. The molecule has 2 rings (SSSR count). The SMILES string of the molecule is COC1CCN(C(=O)c2ccc(Cl)cc2O)C(CN)C1. The van der Waals surface area contributed by atoms with Crippen LogP contribution in [-0.2, 0) is 4.74 Å². The molecule has 1 aliphatic heterocycles. The van der Waals surface area contributed by atoms with Gasteiger partial charge < -0.3 is 20.5 Å². The lowest BCUT2D eigenvalue weighted by Gasteiger charge is -2.38. The van der Waals surface area contributed by atoms with Crippen LogP contribution in [-0.4, -0.2) is 48.3 Å². The highest BCUT2D eigenvalue weighted by Crippen LogP contribution is 2.27. The highest BCUT2D eigenvalue weighted by molar-refractivity contribution is 6.30. The number of amides is 1. The molecule has 20 heavy (non-hydrogen) atoms. The van der Waals surface area contributed by atoms with E-state index in [-0.39, 0.29) is 29.4 Å². The first kappa shape index (κ1) is 15.1. The number of methoxy groups -OCH3 is 1. The van der Waals surface area contributed by atoms with E-state index in [0.717, 1.165) is 6.42 Å². The van der Waals surface area contributed by atoms with E-state index < -0.39 is 0 Å². The fraction of sp³-hybridized carbons (Fsp3) is 0.500. The van der Waals surface area contributed by atoms with E-state index in [4.69, 9.17) is 22.1 Å². The number of aromatic hydroxyl groups is 1. The van der Waals surface area contributed by atoms with E-state index in [9.17, 15) is 9.90 Å². The monoisotopic (exact) mass is 298 g/mol. The quantitative estimate of drug-likeness (QED) is 0.889. The molecule has 0 saturated carbocycles. The van der Waals surface area contributed by atoms with E-state index in [1.807, 2.05) is 0 Å². The molecule has 1 amide bonds. The summed E-state index contributed by atoms with van der Waals surface area (Å²) in [6.07, 6.45) is 1.62. The van der Waals surface area contributed by atoms with Gasteiger partial charge >= 0.3 is 0 Å². The average molecular weight is 299 g/mol. The number of nitrogens with zero attached hydrogens (tertiary/aromatic N) is 1. The molecule has 1 fully saturated rings. The summed E-state index contributed by atoms with van der Waals surface area (Å²) < 4.78 is 5.34. The van der Waals surface area contributed by atoms with Crippen LogP contribution in [0.15, 0.2) is 18.2 Å². The van der Waals surface area contributed by atoms with Gasteiger partial charge in [-0.2, -0.15) is 0 Å². The van der Waals surface area contributed by atoms with E-state index >= 15 is 0 Å². The van der Waals surface area contributed by atoms with Crippen molar-refractivity contribution >= 4 is 17.5 Å². The summed E-state index contributed by atoms with van der Waals surface area (Å²) in [5.41, 5.74) is 6.01. The second kappa shape index (κ2) is 6.43. The number of ether oxygens (including phenoxy) is 1. The number of benzene rings is 1. The van der Waals surface area contributed by atoms with Gasteiger partial charge in [0.2, 0.25) is 0 Å². The number of phenols is 1. The molecule has 2 atom stereocenters. The lowest BCUT2D eigenvalue weighted by atomic mass is 9.98. The highest BCUT2D eigenvalue weighted by atomic mass is 35.5. The van der Waals surface area contributed by atoms with Crippen LogP contribution in [0.25, 0.3) is 0 Å². The summed E-state index contributed by atoms with van der Waals surface area (Å²) in [7, 11) is 1.67. The highest BCUT2D eigenvalue weighted by Gasteiger charge is 2.32. The van der Waals surface area contributed by atoms with Gasteiger partial charge in [0.15, 0.2) is 0 Å². The van der Waals surface area contributed by atoms with Gasteiger partial charge in [-0.1, -0.05) is 11.6 Å². The van der Waals surface area contributed by atoms with Crippen LogP contribution >= 0.6 is 11.6 Å². The van der Waals surface area contributed by atoms with Crippen molar-refractivity contribution in [2.45, 2.75) is 25.0 Å². The normalized spacial score (nSPS) is 22.9. The third-order valence-electron chi connectivity index (χ3n) is 3.72. The van der Waals surface area contributed by atoms with Crippen molar-refractivity contribution in [2.75, 3.05) is 20.2 Å². The van der Waals surface area contributed by atoms with E-state index in [0.29, 0.717) is 24.5 Å². The predicted molar refractivity (Wildman–Crippen MR) is 77.0 cm³/mol. The van der Waals surface area contributed by atoms with Crippen molar-refractivity contribution in [1.29, 1.82) is 0 Å². The van der Waals surface area contributed by atoms with Gasteiger partial charge in [-0.05, 0) is 31.0 Å². The number of rotatable bonds is 3. The van der Waals surface area contributed by atoms with E-state index in [1.54, 1.807) is 18.1 Å². The van der Waals surface area contributed by atoms with Crippen LogP contribution in [0.4, 0.5) is 0 Å². The predicted octanol–water partition coefficient (Wildman–Crippen LogP) is 1.62. The zero-order valence-corrected chi connectivity index (χ0v) is 12.1. The van der Waals surface area contributed by atoms with Crippen LogP contribution in [0.1, 0.15) is 23.2 Å². The molecule has 3 N–H and O–H groups in total. The number of halogens is 1. The van der Waals surface area contributed by atoms with Gasteiger partial charge in [-0.3, -0.25) is 4.79 Å². The zero-order chi connectivity index (χ0) is 14.7. The summed E-state index contributed by atoms with van der Waals surface area (Å²) in [6, 6.07) is 4.43. The van der Waals surface area contributed by atoms with Crippen LogP contribution < -0.4 is 5.73 Å². The first-order valence-corrected chi connectivity index (χ1v) is 6.97. The van der Waals surface area contributed by atoms with Gasteiger partial charge in [0.05, 0.1) is 11.7 Å². The number of piperidine rings is 1. The smallest absolute Gasteiger partial charge is 0.257 e. The Morgan fingerprint density at radius 1 is 1.60 bits per heavy atom. The average Bonchev–Trinajstić information content (AvgIpc) is 2.46. The van der Waals surface area contributed by atoms with Gasteiger partial charge in [0, 0.05) is 31.3 Å². The van der Waals surface area contributed by atoms with Crippen molar-refractivity contribution in [3.05, 3.63) is 28.8 Å². The van der Waals surface area contributed by atoms with Crippen LogP contribution in [0.3, 0.4) is 0 Å². The molecule has 1 aromatic carbocycles.